The Bertz CT molecular complexity index is 711. The lowest BCUT2D eigenvalue weighted by molar-refractivity contribution is 0.580. The predicted octanol–water partition coefficient (Wildman–Crippen LogP) is 1.94. The van der Waals surface area contributed by atoms with Crippen molar-refractivity contribution >= 4 is 27.2 Å². The zero-order valence-corrected chi connectivity index (χ0v) is 13.0. The molecule has 0 spiro atoms. The van der Waals surface area contributed by atoms with Crippen molar-refractivity contribution in [1.82, 2.24) is 4.72 Å². The molecule has 0 atom stereocenters. The van der Waals surface area contributed by atoms with E-state index in [-0.39, 0.29) is 12.3 Å². The van der Waals surface area contributed by atoms with Crippen LogP contribution in [-0.2, 0) is 22.3 Å². The van der Waals surface area contributed by atoms with Crippen LogP contribution in [0.3, 0.4) is 0 Å². The Kier molecular flexibility index (Phi) is 5.06. The van der Waals surface area contributed by atoms with Gasteiger partial charge in [-0.15, -0.1) is 0 Å². The molecule has 4 nitrogen and oxygen atoms in total. The van der Waals surface area contributed by atoms with Gasteiger partial charge in [-0.1, -0.05) is 66.8 Å². The number of benzene rings is 2. The van der Waals surface area contributed by atoms with E-state index < -0.39 is 10.0 Å². The average Bonchev–Trinajstić information content (AvgIpc) is 2.46. The zero-order valence-electron chi connectivity index (χ0n) is 11.3. The molecule has 0 bridgehead atoms. The fourth-order valence-electron chi connectivity index (χ4n) is 1.82. The maximum atomic E-state index is 12.0. The highest BCUT2D eigenvalue weighted by Gasteiger charge is 2.11. The highest BCUT2D eigenvalue weighted by Crippen LogP contribution is 2.07. The second kappa shape index (κ2) is 6.80. The summed E-state index contributed by atoms with van der Waals surface area (Å²) in [6.07, 6.45) is 0. The predicted molar refractivity (Wildman–Crippen MR) is 88.2 cm³/mol. The highest BCUT2D eigenvalue weighted by atomic mass is 32.2. The quantitative estimate of drug-likeness (QED) is 0.798. The van der Waals surface area contributed by atoms with Crippen molar-refractivity contribution in [1.29, 1.82) is 0 Å². The minimum Gasteiger partial charge on any atom is -0.389 e. The van der Waals surface area contributed by atoms with E-state index in [4.69, 9.17) is 18.0 Å². The number of rotatable bonds is 6. The van der Waals surface area contributed by atoms with Crippen molar-refractivity contribution < 1.29 is 8.42 Å². The van der Waals surface area contributed by atoms with Crippen molar-refractivity contribution in [2.45, 2.75) is 12.3 Å². The highest BCUT2D eigenvalue weighted by molar-refractivity contribution is 7.88. The van der Waals surface area contributed by atoms with Crippen molar-refractivity contribution in [3.63, 3.8) is 0 Å². The molecule has 0 amide bonds. The molecule has 110 valence electrons. The first-order valence-electron chi connectivity index (χ1n) is 6.36. The monoisotopic (exact) mass is 320 g/mol. The van der Waals surface area contributed by atoms with Crippen LogP contribution in [0.25, 0.3) is 0 Å². The Labute approximate surface area is 130 Å². The van der Waals surface area contributed by atoms with Gasteiger partial charge in [0.25, 0.3) is 0 Å². The van der Waals surface area contributed by atoms with Gasteiger partial charge >= 0.3 is 0 Å². The van der Waals surface area contributed by atoms with Crippen molar-refractivity contribution in [3.8, 4) is 0 Å². The molecule has 0 fully saturated rings. The summed E-state index contributed by atoms with van der Waals surface area (Å²) >= 11 is 4.87. The van der Waals surface area contributed by atoms with Gasteiger partial charge in [0.2, 0.25) is 10.0 Å². The van der Waals surface area contributed by atoms with Crippen LogP contribution in [0.5, 0.6) is 0 Å². The summed E-state index contributed by atoms with van der Waals surface area (Å²) in [4.78, 5) is 0.325. The summed E-state index contributed by atoms with van der Waals surface area (Å²) in [5.74, 6) is -0.0290. The summed E-state index contributed by atoms with van der Waals surface area (Å²) in [6.45, 7) is 0.243. The molecule has 6 heteroatoms. The van der Waals surface area contributed by atoms with Crippen LogP contribution in [-0.4, -0.2) is 13.4 Å². The molecule has 0 aliphatic heterocycles. The minimum atomic E-state index is -3.36. The first-order chi connectivity index (χ1) is 9.96. The number of nitrogens with one attached hydrogen (secondary N) is 1. The van der Waals surface area contributed by atoms with Gasteiger partial charge in [0.05, 0.1) is 5.75 Å². The second-order valence-electron chi connectivity index (χ2n) is 4.63. The molecule has 3 N–H and O–H groups in total. The molecule has 0 aliphatic carbocycles. The van der Waals surface area contributed by atoms with E-state index in [1.54, 1.807) is 36.4 Å². The van der Waals surface area contributed by atoms with E-state index in [2.05, 4.69) is 4.72 Å². The van der Waals surface area contributed by atoms with Crippen molar-refractivity contribution in [3.05, 3.63) is 71.3 Å². The molecule has 2 aromatic carbocycles. The van der Waals surface area contributed by atoms with Gasteiger partial charge in [-0.3, -0.25) is 0 Å². The molecule has 21 heavy (non-hydrogen) atoms. The third kappa shape index (κ3) is 4.93. The molecule has 2 rings (SSSR count). The lowest BCUT2D eigenvalue weighted by Crippen LogP contribution is -2.24. The van der Waals surface area contributed by atoms with Gasteiger partial charge < -0.3 is 5.73 Å². The van der Waals surface area contributed by atoms with Gasteiger partial charge in [-0.2, -0.15) is 0 Å². The Morgan fingerprint density at radius 3 is 2.19 bits per heavy atom. The SMILES string of the molecule is NC(=S)c1ccc(CNS(=O)(=O)Cc2ccccc2)cc1. The third-order valence-electron chi connectivity index (χ3n) is 2.93. The van der Waals surface area contributed by atoms with Crippen LogP contribution in [0, 0.1) is 0 Å². The Morgan fingerprint density at radius 2 is 1.62 bits per heavy atom. The first kappa shape index (κ1) is 15.6. The number of thiocarbonyl (C=S) groups is 1. The average molecular weight is 320 g/mol. The van der Waals surface area contributed by atoms with Crippen LogP contribution >= 0.6 is 12.2 Å². The molecule has 0 saturated heterocycles. The van der Waals surface area contributed by atoms with Crippen LogP contribution < -0.4 is 10.5 Å². The Morgan fingerprint density at radius 1 is 1.00 bits per heavy atom. The maximum absolute atomic E-state index is 12.0. The Hall–Kier alpha value is -1.76. The number of hydrogen-bond donors (Lipinski definition) is 2. The summed E-state index contributed by atoms with van der Waals surface area (Å²) < 4.78 is 26.6. The molecule has 0 heterocycles. The molecule has 0 aromatic heterocycles. The first-order valence-corrected chi connectivity index (χ1v) is 8.42. The van der Waals surface area contributed by atoms with Gasteiger partial charge in [0.15, 0.2) is 0 Å². The van der Waals surface area contributed by atoms with E-state index in [1.807, 2.05) is 18.2 Å². The molecule has 0 aliphatic rings. The lowest BCUT2D eigenvalue weighted by Gasteiger charge is -2.07. The van der Waals surface area contributed by atoms with Crippen LogP contribution in [0.4, 0.5) is 0 Å². The summed E-state index contributed by atoms with van der Waals surface area (Å²) in [6, 6.07) is 16.2. The van der Waals surface area contributed by atoms with E-state index >= 15 is 0 Å². The molecule has 2 aromatic rings. The molecule has 0 radical (unpaired) electrons. The minimum absolute atomic E-state index is 0.0290. The van der Waals surface area contributed by atoms with Gasteiger partial charge in [-0.05, 0) is 11.1 Å². The standard InChI is InChI=1S/C15H16N2O2S2/c16-15(20)14-8-6-12(7-9-14)10-17-21(18,19)11-13-4-2-1-3-5-13/h1-9,17H,10-11H2,(H2,16,20). The van der Waals surface area contributed by atoms with Gasteiger partial charge in [0.1, 0.15) is 4.99 Å². The number of nitrogens with two attached hydrogens (primary N) is 1. The van der Waals surface area contributed by atoms with Crippen LogP contribution in [0.2, 0.25) is 0 Å². The van der Waals surface area contributed by atoms with Gasteiger partial charge in [-0.25, -0.2) is 13.1 Å². The maximum Gasteiger partial charge on any atom is 0.216 e. The fourth-order valence-corrected chi connectivity index (χ4v) is 3.08. The fraction of sp³-hybridized carbons (Fsp3) is 0.133. The summed E-state index contributed by atoms with van der Waals surface area (Å²) in [5.41, 5.74) is 7.89. The number of sulfonamides is 1. The molecule has 0 saturated carbocycles. The van der Waals surface area contributed by atoms with E-state index in [0.717, 1.165) is 16.7 Å². The molecular weight excluding hydrogens is 304 g/mol. The normalized spacial score (nSPS) is 11.2. The van der Waals surface area contributed by atoms with Crippen molar-refractivity contribution in [2.75, 3.05) is 0 Å². The third-order valence-corrected chi connectivity index (χ3v) is 4.47. The van der Waals surface area contributed by atoms with E-state index in [1.165, 1.54) is 0 Å². The van der Waals surface area contributed by atoms with Gasteiger partial charge in [0, 0.05) is 12.1 Å². The van der Waals surface area contributed by atoms with E-state index in [9.17, 15) is 8.42 Å². The molecular formula is C15H16N2O2S2. The number of hydrogen-bond acceptors (Lipinski definition) is 3. The van der Waals surface area contributed by atoms with Crippen LogP contribution in [0.1, 0.15) is 16.7 Å². The second-order valence-corrected chi connectivity index (χ2v) is 6.87. The lowest BCUT2D eigenvalue weighted by atomic mass is 10.1. The smallest absolute Gasteiger partial charge is 0.216 e. The van der Waals surface area contributed by atoms with Crippen LogP contribution in [0.15, 0.2) is 54.6 Å². The van der Waals surface area contributed by atoms with E-state index in [0.29, 0.717) is 4.99 Å². The summed E-state index contributed by atoms with van der Waals surface area (Å²) in [5, 5.41) is 0. The largest absolute Gasteiger partial charge is 0.389 e. The van der Waals surface area contributed by atoms with Crippen molar-refractivity contribution in [2.24, 2.45) is 5.73 Å². The summed E-state index contributed by atoms with van der Waals surface area (Å²) in [7, 11) is -3.36. The Balaban J connectivity index is 1.97. The molecule has 0 unspecified atom stereocenters. The zero-order chi connectivity index (χ0) is 15.3. The topological polar surface area (TPSA) is 72.2 Å².